The van der Waals surface area contributed by atoms with E-state index >= 15 is 0 Å². The van der Waals surface area contributed by atoms with Gasteiger partial charge in [-0.1, -0.05) is 0 Å². The third-order valence-corrected chi connectivity index (χ3v) is 4.65. The van der Waals surface area contributed by atoms with Crippen molar-refractivity contribution in [2.75, 3.05) is 37.0 Å². The van der Waals surface area contributed by atoms with Crippen LogP contribution in [0.5, 0.6) is 0 Å². The maximum Gasteiger partial charge on any atom is 0.227 e. The molecule has 1 amide bonds. The van der Waals surface area contributed by atoms with Gasteiger partial charge in [0.05, 0.1) is 0 Å². The molecule has 2 aromatic rings. The molecule has 0 spiro atoms. The van der Waals surface area contributed by atoms with Gasteiger partial charge in [-0.25, -0.2) is 0 Å². The van der Waals surface area contributed by atoms with Gasteiger partial charge in [0, 0.05) is 56.5 Å². The number of nitrogens with zero attached hydrogens (tertiary/aromatic N) is 2. The Morgan fingerprint density at radius 1 is 1.16 bits per heavy atom. The number of hydrogen-bond acceptors (Lipinski definition) is 4. The van der Waals surface area contributed by atoms with Gasteiger partial charge in [0.1, 0.15) is 0 Å². The van der Waals surface area contributed by atoms with Crippen molar-refractivity contribution in [3.05, 3.63) is 54.4 Å². The monoisotopic (exact) mass is 339 g/mol. The number of nitrogens with one attached hydrogen (secondary N) is 1. The van der Waals surface area contributed by atoms with E-state index in [9.17, 15) is 4.79 Å². The predicted octanol–water partition coefficient (Wildman–Crippen LogP) is 3.13. The summed E-state index contributed by atoms with van der Waals surface area (Å²) in [5, 5.41) is 3.02. The fraction of sp³-hybridized carbons (Fsp3) is 0.400. The van der Waals surface area contributed by atoms with Crippen LogP contribution >= 0.6 is 0 Å². The van der Waals surface area contributed by atoms with Crippen molar-refractivity contribution in [2.24, 2.45) is 5.92 Å². The summed E-state index contributed by atoms with van der Waals surface area (Å²) in [6, 6.07) is 12.1. The van der Waals surface area contributed by atoms with Gasteiger partial charge in [-0.15, -0.1) is 0 Å². The molecule has 5 nitrogen and oxygen atoms in total. The smallest absolute Gasteiger partial charge is 0.227 e. The molecule has 1 N–H and O–H groups in total. The van der Waals surface area contributed by atoms with E-state index in [0.717, 1.165) is 37.2 Å². The molecular formula is C20H25N3O2. The Morgan fingerprint density at radius 3 is 2.52 bits per heavy atom. The van der Waals surface area contributed by atoms with Crippen LogP contribution in [0.4, 0.5) is 11.4 Å². The fourth-order valence-electron chi connectivity index (χ4n) is 2.98. The van der Waals surface area contributed by atoms with Crippen LogP contribution in [-0.4, -0.2) is 37.7 Å². The van der Waals surface area contributed by atoms with Crippen LogP contribution in [0.1, 0.15) is 18.4 Å². The number of carbonyl (C=O) groups is 1. The Labute approximate surface area is 149 Å². The molecule has 3 rings (SSSR count). The van der Waals surface area contributed by atoms with Gasteiger partial charge in [0.2, 0.25) is 5.91 Å². The summed E-state index contributed by atoms with van der Waals surface area (Å²) in [6.45, 7) is 2.29. The van der Waals surface area contributed by atoms with E-state index in [-0.39, 0.29) is 11.8 Å². The zero-order chi connectivity index (χ0) is 17.5. The van der Waals surface area contributed by atoms with E-state index in [1.54, 1.807) is 0 Å². The molecule has 0 unspecified atom stereocenters. The largest absolute Gasteiger partial charge is 0.381 e. The van der Waals surface area contributed by atoms with Crippen molar-refractivity contribution in [1.82, 2.24) is 4.98 Å². The van der Waals surface area contributed by atoms with Crippen molar-refractivity contribution >= 4 is 17.3 Å². The van der Waals surface area contributed by atoms with Gasteiger partial charge in [0.25, 0.3) is 0 Å². The van der Waals surface area contributed by atoms with Crippen molar-refractivity contribution in [2.45, 2.75) is 19.3 Å². The number of anilines is 2. The molecule has 5 heteroatoms. The highest BCUT2D eigenvalue weighted by atomic mass is 16.5. The van der Waals surface area contributed by atoms with Crippen LogP contribution in [-0.2, 0) is 16.0 Å². The summed E-state index contributed by atoms with van der Waals surface area (Å²) < 4.78 is 5.31. The van der Waals surface area contributed by atoms with Crippen molar-refractivity contribution in [3.8, 4) is 0 Å². The zero-order valence-corrected chi connectivity index (χ0v) is 14.6. The van der Waals surface area contributed by atoms with E-state index in [0.29, 0.717) is 13.2 Å². The number of carbonyl (C=O) groups excluding carboxylic acids is 1. The van der Waals surface area contributed by atoms with Crippen molar-refractivity contribution < 1.29 is 9.53 Å². The lowest BCUT2D eigenvalue weighted by Gasteiger charge is -2.22. The topological polar surface area (TPSA) is 54.5 Å². The number of likely N-dealkylation sites (N-methyl/N-ethyl adjacent to an activating group) is 1. The standard InChI is InChI=1S/C20H25N3O2/c1-23(13-8-16-6-11-21-12-7-16)19-4-2-18(3-5-19)22-20(24)17-9-14-25-15-10-17/h2-7,11-12,17H,8-10,13-15H2,1H3,(H,22,24). The Kier molecular flexibility index (Phi) is 6.01. The number of rotatable bonds is 6. The average molecular weight is 339 g/mol. The number of ether oxygens (including phenoxy) is 1. The minimum Gasteiger partial charge on any atom is -0.381 e. The van der Waals surface area contributed by atoms with Gasteiger partial charge in [0.15, 0.2) is 0 Å². The van der Waals surface area contributed by atoms with Crippen LogP contribution in [0, 0.1) is 5.92 Å². The Morgan fingerprint density at radius 2 is 1.84 bits per heavy atom. The van der Waals surface area contributed by atoms with Gasteiger partial charge in [-0.2, -0.15) is 0 Å². The molecule has 0 radical (unpaired) electrons. The van der Waals surface area contributed by atoms with Crippen LogP contribution in [0.25, 0.3) is 0 Å². The highest BCUT2D eigenvalue weighted by Crippen LogP contribution is 2.20. The summed E-state index contributed by atoms with van der Waals surface area (Å²) in [5.41, 5.74) is 3.27. The Balaban J connectivity index is 1.51. The van der Waals surface area contributed by atoms with Crippen LogP contribution in [0.2, 0.25) is 0 Å². The maximum atomic E-state index is 12.3. The first-order chi connectivity index (χ1) is 12.2. The second kappa shape index (κ2) is 8.62. The molecule has 2 heterocycles. The van der Waals surface area contributed by atoms with Crippen LogP contribution in [0.3, 0.4) is 0 Å². The minimum absolute atomic E-state index is 0.0662. The molecule has 25 heavy (non-hydrogen) atoms. The highest BCUT2D eigenvalue weighted by molar-refractivity contribution is 5.92. The number of benzene rings is 1. The molecule has 0 bridgehead atoms. The molecular weight excluding hydrogens is 314 g/mol. The lowest BCUT2D eigenvalue weighted by atomic mass is 9.99. The molecule has 0 atom stereocenters. The molecule has 1 aromatic heterocycles. The second-order valence-corrected chi connectivity index (χ2v) is 6.45. The predicted molar refractivity (Wildman–Crippen MR) is 99.8 cm³/mol. The molecule has 1 aliphatic heterocycles. The molecule has 0 saturated carbocycles. The Bertz CT molecular complexity index is 667. The van der Waals surface area contributed by atoms with Crippen LogP contribution in [0.15, 0.2) is 48.8 Å². The Hall–Kier alpha value is -2.40. The van der Waals surface area contributed by atoms with Gasteiger partial charge >= 0.3 is 0 Å². The average Bonchev–Trinajstić information content (AvgIpc) is 2.68. The third-order valence-electron chi connectivity index (χ3n) is 4.65. The fourth-order valence-corrected chi connectivity index (χ4v) is 2.98. The third kappa shape index (κ3) is 5.03. The summed E-state index contributed by atoms with van der Waals surface area (Å²) in [7, 11) is 2.08. The number of amides is 1. The highest BCUT2D eigenvalue weighted by Gasteiger charge is 2.21. The minimum atomic E-state index is 0.0662. The molecule has 1 fully saturated rings. The van der Waals surface area contributed by atoms with Crippen molar-refractivity contribution in [3.63, 3.8) is 0 Å². The lowest BCUT2D eigenvalue weighted by Crippen LogP contribution is -2.28. The van der Waals surface area contributed by atoms with E-state index in [2.05, 4.69) is 22.2 Å². The van der Waals surface area contributed by atoms with Gasteiger partial charge in [-0.05, 0) is 61.2 Å². The number of hydrogen-bond donors (Lipinski definition) is 1. The first-order valence-corrected chi connectivity index (χ1v) is 8.81. The van der Waals surface area contributed by atoms with E-state index in [4.69, 9.17) is 4.74 Å². The summed E-state index contributed by atoms with van der Waals surface area (Å²) in [5.74, 6) is 0.165. The molecule has 1 saturated heterocycles. The summed E-state index contributed by atoms with van der Waals surface area (Å²) in [4.78, 5) is 18.5. The summed E-state index contributed by atoms with van der Waals surface area (Å²) >= 11 is 0. The first-order valence-electron chi connectivity index (χ1n) is 8.81. The molecule has 0 aliphatic carbocycles. The zero-order valence-electron chi connectivity index (χ0n) is 14.6. The van der Waals surface area contributed by atoms with Gasteiger partial charge < -0.3 is 15.0 Å². The molecule has 132 valence electrons. The first kappa shape index (κ1) is 17.4. The molecule has 1 aliphatic rings. The van der Waals surface area contributed by atoms with Crippen molar-refractivity contribution in [1.29, 1.82) is 0 Å². The van der Waals surface area contributed by atoms with Gasteiger partial charge in [-0.3, -0.25) is 9.78 Å². The number of pyridine rings is 1. The van der Waals surface area contributed by atoms with E-state index in [1.807, 2.05) is 48.8 Å². The SMILES string of the molecule is CN(CCc1ccncc1)c1ccc(NC(=O)C2CCOCC2)cc1. The lowest BCUT2D eigenvalue weighted by molar-refractivity contribution is -0.122. The quantitative estimate of drug-likeness (QED) is 0.878. The van der Waals surface area contributed by atoms with Crippen LogP contribution < -0.4 is 10.2 Å². The maximum absolute atomic E-state index is 12.3. The van der Waals surface area contributed by atoms with E-state index < -0.39 is 0 Å². The van der Waals surface area contributed by atoms with E-state index in [1.165, 1.54) is 5.56 Å². The second-order valence-electron chi connectivity index (χ2n) is 6.45. The number of aromatic nitrogens is 1. The summed E-state index contributed by atoms with van der Waals surface area (Å²) in [6.07, 6.45) is 6.24. The normalized spacial score (nSPS) is 14.9. The molecule has 1 aromatic carbocycles.